The molecule has 4 heteroatoms. The van der Waals surface area contributed by atoms with Crippen LogP contribution in [-0.4, -0.2) is 24.2 Å². The molecule has 0 radical (unpaired) electrons. The highest BCUT2D eigenvalue weighted by atomic mass is 16.5. The molecule has 1 aliphatic carbocycles. The highest BCUT2D eigenvalue weighted by Gasteiger charge is 2.27. The minimum absolute atomic E-state index is 0.291. The first-order valence-electron chi connectivity index (χ1n) is 7.13. The number of ether oxygens (including phenoxy) is 1. The van der Waals surface area contributed by atoms with E-state index in [2.05, 4.69) is 16.4 Å². The predicted molar refractivity (Wildman–Crippen MR) is 83.0 cm³/mol. The number of methoxy groups -OCH3 is 1. The topological polar surface area (TPSA) is 60.2 Å². The fraction of sp³-hybridized carbons (Fsp3) is 0.438. The zero-order valence-corrected chi connectivity index (χ0v) is 12.0. The van der Waals surface area contributed by atoms with Gasteiger partial charge in [-0.15, -0.1) is 0 Å². The zero-order chi connectivity index (χ0) is 14.1. The molecule has 20 heavy (non-hydrogen) atoms. The van der Waals surface area contributed by atoms with Gasteiger partial charge in [0.15, 0.2) is 0 Å². The first kappa shape index (κ1) is 13.2. The Hall–Kier alpha value is -1.81. The van der Waals surface area contributed by atoms with Crippen LogP contribution in [-0.2, 0) is 4.74 Å². The molecule has 1 heterocycles. The van der Waals surface area contributed by atoms with Crippen LogP contribution in [0.25, 0.3) is 10.9 Å². The number of hydrogen-bond acceptors (Lipinski definition) is 4. The van der Waals surface area contributed by atoms with Crippen molar-refractivity contribution in [2.75, 3.05) is 18.2 Å². The van der Waals surface area contributed by atoms with Gasteiger partial charge in [-0.3, -0.25) is 4.98 Å². The Labute approximate surface area is 119 Å². The van der Waals surface area contributed by atoms with Gasteiger partial charge in [0, 0.05) is 29.6 Å². The zero-order valence-electron chi connectivity index (χ0n) is 12.0. The summed E-state index contributed by atoms with van der Waals surface area (Å²) in [5.41, 5.74) is 9.77. The van der Waals surface area contributed by atoms with Gasteiger partial charge < -0.3 is 15.8 Å². The summed E-state index contributed by atoms with van der Waals surface area (Å²) in [6, 6.07) is 8.32. The van der Waals surface area contributed by atoms with Crippen LogP contribution in [0.3, 0.4) is 0 Å². The molecule has 0 spiro atoms. The number of anilines is 2. The smallest absolute Gasteiger partial charge is 0.0772 e. The number of nitrogens with zero attached hydrogens (tertiary/aromatic N) is 1. The van der Waals surface area contributed by atoms with Crippen LogP contribution in [0.4, 0.5) is 11.4 Å². The Morgan fingerprint density at radius 2 is 2.15 bits per heavy atom. The van der Waals surface area contributed by atoms with Gasteiger partial charge in [-0.05, 0) is 50.5 Å². The highest BCUT2D eigenvalue weighted by Crippen LogP contribution is 2.30. The number of benzene rings is 1. The molecule has 2 unspecified atom stereocenters. The second kappa shape index (κ2) is 5.29. The quantitative estimate of drug-likeness (QED) is 0.842. The van der Waals surface area contributed by atoms with Crippen molar-refractivity contribution in [3.05, 3.63) is 30.0 Å². The molecule has 4 nitrogen and oxygen atoms in total. The van der Waals surface area contributed by atoms with E-state index in [1.165, 1.54) is 6.42 Å². The Balaban J connectivity index is 1.99. The Bertz CT molecular complexity index is 626. The fourth-order valence-electron chi connectivity index (χ4n) is 3.07. The van der Waals surface area contributed by atoms with Crippen molar-refractivity contribution in [2.24, 2.45) is 0 Å². The number of nitrogens with two attached hydrogens (primary N) is 1. The van der Waals surface area contributed by atoms with Gasteiger partial charge in [0.1, 0.15) is 0 Å². The van der Waals surface area contributed by atoms with Gasteiger partial charge in [0.05, 0.1) is 17.7 Å². The lowest BCUT2D eigenvalue weighted by Crippen LogP contribution is -2.29. The molecule has 1 aromatic heterocycles. The van der Waals surface area contributed by atoms with Crippen molar-refractivity contribution in [3.63, 3.8) is 0 Å². The number of nitrogen functional groups attached to an aromatic ring is 1. The Morgan fingerprint density at radius 1 is 1.30 bits per heavy atom. The van der Waals surface area contributed by atoms with E-state index in [1.54, 1.807) is 7.11 Å². The maximum atomic E-state index is 5.91. The molecular formula is C16H21N3O. The standard InChI is InChI=1S/C16H21N3O/c1-10-8-15(19-14-4-3-5-16(14)20-2)12-9-11(17)6-7-13(12)18-10/h6-9,14,16H,3-5,17H2,1-2H3,(H,18,19). The number of rotatable bonds is 3. The number of nitrogens with one attached hydrogen (secondary N) is 1. The third-order valence-electron chi connectivity index (χ3n) is 4.06. The van der Waals surface area contributed by atoms with Gasteiger partial charge in [-0.1, -0.05) is 0 Å². The number of aromatic nitrogens is 1. The van der Waals surface area contributed by atoms with Crippen LogP contribution in [0.2, 0.25) is 0 Å². The van der Waals surface area contributed by atoms with E-state index in [4.69, 9.17) is 10.5 Å². The second-order valence-corrected chi connectivity index (χ2v) is 5.54. The molecule has 1 aromatic carbocycles. The predicted octanol–water partition coefficient (Wildman–Crippen LogP) is 3.10. The third kappa shape index (κ3) is 2.43. The summed E-state index contributed by atoms with van der Waals surface area (Å²) in [7, 11) is 1.79. The third-order valence-corrected chi connectivity index (χ3v) is 4.06. The fourth-order valence-corrected chi connectivity index (χ4v) is 3.07. The Kier molecular flexibility index (Phi) is 3.49. The van der Waals surface area contributed by atoms with E-state index < -0.39 is 0 Å². The number of pyridine rings is 1. The molecule has 1 fully saturated rings. The molecule has 2 atom stereocenters. The lowest BCUT2D eigenvalue weighted by atomic mass is 10.1. The van der Waals surface area contributed by atoms with Gasteiger partial charge in [-0.2, -0.15) is 0 Å². The summed E-state index contributed by atoms with van der Waals surface area (Å²) >= 11 is 0. The average molecular weight is 271 g/mol. The molecule has 106 valence electrons. The van der Waals surface area contributed by atoms with Crippen LogP contribution < -0.4 is 11.1 Å². The molecule has 3 rings (SSSR count). The summed E-state index contributed by atoms with van der Waals surface area (Å²) in [6.07, 6.45) is 3.77. The first-order valence-corrected chi connectivity index (χ1v) is 7.13. The Morgan fingerprint density at radius 3 is 2.95 bits per heavy atom. The van der Waals surface area contributed by atoms with Crippen molar-refractivity contribution in [1.82, 2.24) is 4.98 Å². The second-order valence-electron chi connectivity index (χ2n) is 5.54. The van der Waals surface area contributed by atoms with Crippen molar-refractivity contribution in [1.29, 1.82) is 0 Å². The number of hydrogen-bond donors (Lipinski definition) is 2. The van der Waals surface area contributed by atoms with Gasteiger partial charge in [0.2, 0.25) is 0 Å². The molecule has 2 aromatic rings. The average Bonchev–Trinajstić information content (AvgIpc) is 2.87. The van der Waals surface area contributed by atoms with E-state index in [1.807, 2.05) is 25.1 Å². The van der Waals surface area contributed by atoms with Gasteiger partial charge >= 0.3 is 0 Å². The summed E-state index contributed by atoms with van der Waals surface area (Å²) in [4.78, 5) is 4.56. The molecule has 0 bridgehead atoms. The molecule has 1 saturated carbocycles. The number of fused-ring (bicyclic) bond motifs is 1. The van der Waals surface area contributed by atoms with Crippen LogP contribution >= 0.6 is 0 Å². The largest absolute Gasteiger partial charge is 0.399 e. The SMILES string of the molecule is COC1CCCC1Nc1cc(C)nc2ccc(N)cc12. The van der Waals surface area contributed by atoms with E-state index in [9.17, 15) is 0 Å². The van der Waals surface area contributed by atoms with Crippen molar-refractivity contribution >= 4 is 22.3 Å². The van der Waals surface area contributed by atoms with Crippen LogP contribution in [0.5, 0.6) is 0 Å². The van der Waals surface area contributed by atoms with Crippen molar-refractivity contribution in [3.8, 4) is 0 Å². The van der Waals surface area contributed by atoms with Crippen LogP contribution in [0.1, 0.15) is 25.0 Å². The molecular weight excluding hydrogens is 250 g/mol. The first-order chi connectivity index (χ1) is 9.67. The van der Waals surface area contributed by atoms with Crippen LogP contribution in [0, 0.1) is 6.92 Å². The highest BCUT2D eigenvalue weighted by molar-refractivity contribution is 5.93. The van der Waals surface area contributed by atoms with E-state index in [0.29, 0.717) is 12.1 Å². The monoisotopic (exact) mass is 271 g/mol. The molecule has 3 N–H and O–H groups in total. The maximum absolute atomic E-state index is 5.91. The number of aryl methyl sites for hydroxylation is 1. The van der Waals surface area contributed by atoms with Gasteiger partial charge in [-0.25, -0.2) is 0 Å². The molecule has 1 aliphatic rings. The molecule has 0 amide bonds. The van der Waals surface area contributed by atoms with Crippen LogP contribution in [0.15, 0.2) is 24.3 Å². The molecule has 0 aliphatic heterocycles. The summed E-state index contributed by atoms with van der Waals surface area (Å²) in [5, 5.41) is 4.71. The van der Waals surface area contributed by atoms with E-state index >= 15 is 0 Å². The van der Waals surface area contributed by atoms with E-state index in [-0.39, 0.29) is 0 Å². The van der Waals surface area contributed by atoms with Crippen molar-refractivity contribution in [2.45, 2.75) is 38.3 Å². The van der Waals surface area contributed by atoms with Crippen molar-refractivity contribution < 1.29 is 4.74 Å². The normalized spacial score (nSPS) is 22.3. The lowest BCUT2D eigenvalue weighted by Gasteiger charge is -2.22. The minimum atomic E-state index is 0.291. The minimum Gasteiger partial charge on any atom is -0.399 e. The summed E-state index contributed by atoms with van der Waals surface area (Å²) in [6.45, 7) is 2.02. The summed E-state index contributed by atoms with van der Waals surface area (Å²) in [5.74, 6) is 0. The summed E-state index contributed by atoms with van der Waals surface area (Å²) < 4.78 is 5.56. The lowest BCUT2D eigenvalue weighted by molar-refractivity contribution is 0.101. The van der Waals surface area contributed by atoms with Gasteiger partial charge in [0.25, 0.3) is 0 Å². The maximum Gasteiger partial charge on any atom is 0.0772 e. The van der Waals surface area contributed by atoms with E-state index in [0.717, 1.165) is 40.8 Å². The molecule has 0 saturated heterocycles.